The Morgan fingerprint density at radius 2 is 2.00 bits per heavy atom. The Hall–Kier alpha value is -0.380. The van der Waals surface area contributed by atoms with E-state index in [9.17, 15) is 0 Å². The van der Waals surface area contributed by atoms with Gasteiger partial charge in [0.2, 0.25) is 0 Å². The molecule has 1 fully saturated rings. The first kappa shape index (κ1) is 15.0. The summed E-state index contributed by atoms with van der Waals surface area (Å²) in [4.78, 5) is 2.47. The van der Waals surface area contributed by atoms with Crippen LogP contribution in [0.2, 0.25) is 0 Å². The van der Waals surface area contributed by atoms with Gasteiger partial charge >= 0.3 is 0 Å². The molecule has 19 heavy (non-hydrogen) atoms. The van der Waals surface area contributed by atoms with Crippen molar-refractivity contribution in [2.45, 2.75) is 38.1 Å². The zero-order chi connectivity index (χ0) is 13.7. The number of benzene rings is 1. The second kappa shape index (κ2) is 7.41. The molecule has 0 amide bonds. The van der Waals surface area contributed by atoms with Gasteiger partial charge in [0.25, 0.3) is 0 Å². The highest BCUT2D eigenvalue weighted by Crippen LogP contribution is 2.23. The van der Waals surface area contributed by atoms with Crippen molar-refractivity contribution < 1.29 is 0 Å². The standard InChI is InChI=1S/C16H25BrN2/c1-19(12-14-5-7-16(18)8-6-14)10-9-13-3-2-4-15(17)11-13/h2-4,11,14,16H,5-10,12,18H2,1H3. The van der Waals surface area contributed by atoms with Crippen LogP contribution < -0.4 is 5.73 Å². The molecule has 0 aromatic heterocycles. The highest BCUT2D eigenvalue weighted by atomic mass is 79.9. The number of hydrogen-bond donors (Lipinski definition) is 1. The van der Waals surface area contributed by atoms with Crippen LogP contribution >= 0.6 is 15.9 Å². The molecule has 0 radical (unpaired) electrons. The SMILES string of the molecule is CN(CCc1cccc(Br)c1)CC1CCC(N)CC1. The predicted octanol–water partition coefficient (Wildman–Crippen LogP) is 3.44. The fraction of sp³-hybridized carbons (Fsp3) is 0.625. The van der Waals surface area contributed by atoms with Crippen molar-refractivity contribution >= 4 is 15.9 Å². The lowest BCUT2D eigenvalue weighted by Crippen LogP contribution is -2.33. The fourth-order valence-corrected chi connectivity index (χ4v) is 3.36. The maximum Gasteiger partial charge on any atom is 0.0178 e. The smallest absolute Gasteiger partial charge is 0.0178 e. The molecule has 0 spiro atoms. The largest absolute Gasteiger partial charge is 0.328 e. The van der Waals surface area contributed by atoms with Crippen LogP contribution in [0, 0.1) is 5.92 Å². The molecule has 0 saturated heterocycles. The molecule has 2 rings (SSSR count). The topological polar surface area (TPSA) is 29.3 Å². The van der Waals surface area contributed by atoms with Crippen molar-refractivity contribution in [2.75, 3.05) is 20.1 Å². The lowest BCUT2D eigenvalue weighted by Gasteiger charge is -2.29. The maximum absolute atomic E-state index is 5.96. The Morgan fingerprint density at radius 1 is 1.26 bits per heavy atom. The van der Waals surface area contributed by atoms with Crippen LogP contribution in [0.3, 0.4) is 0 Å². The zero-order valence-corrected chi connectivity index (χ0v) is 13.4. The average Bonchev–Trinajstić information content (AvgIpc) is 2.39. The molecule has 2 nitrogen and oxygen atoms in total. The van der Waals surface area contributed by atoms with E-state index in [1.807, 2.05) is 0 Å². The normalized spacial score (nSPS) is 23.8. The molecular weight excluding hydrogens is 300 g/mol. The highest BCUT2D eigenvalue weighted by Gasteiger charge is 2.19. The summed E-state index contributed by atoms with van der Waals surface area (Å²) in [5, 5.41) is 0. The Labute approximate surface area is 125 Å². The maximum atomic E-state index is 5.96. The van der Waals surface area contributed by atoms with Gasteiger partial charge in [0.1, 0.15) is 0 Å². The number of halogens is 1. The quantitative estimate of drug-likeness (QED) is 0.898. The van der Waals surface area contributed by atoms with Crippen molar-refractivity contribution in [3.63, 3.8) is 0 Å². The number of nitrogens with zero attached hydrogens (tertiary/aromatic N) is 1. The molecule has 1 aliphatic rings. The van der Waals surface area contributed by atoms with E-state index in [0.29, 0.717) is 6.04 Å². The van der Waals surface area contributed by atoms with Crippen LogP contribution in [0.25, 0.3) is 0 Å². The summed E-state index contributed by atoms with van der Waals surface area (Å²) in [6, 6.07) is 9.08. The van der Waals surface area contributed by atoms with E-state index >= 15 is 0 Å². The second-order valence-corrected chi connectivity index (χ2v) is 6.84. The minimum Gasteiger partial charge on any atom is -0.328 e. The van der Waals surface area contributed by atoms with E-state index < -0.39 is 0 Å². The minimum atomic E-state index is 0.461. The summed E-state index contributed by atoms with van der Waals surface area (Å²) in [5.74, 6) is 0.854. The summed E-state index contributed by atoms with van der Waals surface area (Å²) in [5.41, 5.74) is 7.37. The second-order valence-electron chi connectivity index (χ2n) is 5.92. The molecule has 1 aromatic carbocycles. The third-order valence-electron chi connectivity index (χ3n) is 4.13. The van der Waals surface area contributed by atoms with E-state index in [4.69, 9.17) is 5.73 Å². The van der Waals surface area contributed by atoms with Gasteiger partial charge in [-0.1, -0.05) is 28.1 Å². The van der Waals surface area contributed by atoms with Gasteiger partial charge in [-0.15, -0.1) is 0 Å². The Kier molecular flexibility index (Phi) is 5.86. The van der Waals surface area contributed by atoms with Gasteiger partial charge in [-0.3, -0.25) is 0 Å². The van der Waals surface area contributed by atoms with Crippen molar-refractivity contribution in [2.24, 2.45) is 11.7 Å². The van der Waals surface area contributed by atoms with Crippen LogP contribution in [-0.2, 0) is 6.42 Å². The molecule has 0 aliphatic heterocycles. The molecule has 2 N–H and O–H groups in total. The van der Waals surface area contributed by atoms with Gasteiger partial charge in [-0.2, -0.15) is 0 Å². The molecule has 3 heteroatoms. The molecule has 1 saturated carbocycles. The van der Waals surface area contributed by atoms with Crippen LogP contribution in [-0.4, -0.2) is 31.1 Å². The molecule has 1 aliphatic carbocycles. The number of rotatable bonds is 5. The minimum absolute atomic E-state index is 0.461. The van der Waals surface area contributed by atoms with Crippen molar-refractivity contribution in [1.82, 2.24) is 4.90 Å². The van der Waals surface area contributed by atoms with E-state index in [2.05, 4.69) is 52.1 Å². The van der Waals surface area contributed by atoms with Gasteiger partial charge in [-0.05, 0) is 62.8 Å². The van der Waals surface area contributed by atoms with Gasteiger partial charge in [-0.25, -0.2) is 0 Å². The highest BCUT2D eigenvalue weighted by molar-refractivity contribution is 9.10. The van der Waals surface area contributed by atoms with E-state index in [1.165, 1.54) is 42.3 Å². The fourth-order valence-electron chi connectivity index (χ4n) is 2.92. The Balaban J connectivity index is 1.71. The third kappa shape index (κ3) is 5.25. The zero-order valence-electron chi connectivity index (χ0n) is 11.8. The Bertz CT molecular complexity index is 386. The summed E-state index contributed by atoms with van der Waals surface area (Å²) >= 11 is 3.53. The van der Waals surface area contributed by atoms with Gasteiger partial charge in [0.15, 0.2) is 0 Å². The van der Waals surface area contributed by atoms with Crippen molar-refractivity contribution in [1.29, 1.82) is 0 Å². The van der Waals surface area contributed by atoms with Gasteiger partial charge < -0.3 is 10.6 Å². The molecule has 0 heterocycles. The first-order valence-corrected chi connectivity index (χ1v) is 8.11. The van der Waals surface area contributed by atoms with Crippen molar-refractivity contribution in [3.8, 4) is 0 Å². The molecule has 0 unspecified atom stereocenters. The first-order valence-electron chi connectivity index (χ1n) is 7.32. The molecule has 0 bridgehead atoms. The molecule has 0 atom stereocenters. The van der Waals surface area contributed by atoms with Crippen LogP contribution in [0.4, 0.5) is 0 Å². The van der Waals surface area contributed by atoms with Crippen molar-refractivity contribution in [3.05, 3.63) is 34.3 Å². The third-order valence-corrected chi connectivity index (χ3v) is 4.63. The van der Waals surface area contributed by atoms with Crippen LogP contribution in [0.5, 0.6) is 0 Å². The van der Waals surface area contributed by atoms with E-state index in [0.717, 1.165) is 18.9 Å². The lowest BCUT2D eigenvalue weighted by molar-refractivity contribution is 0.225. The summed E-state index contributed by atoms with van der Waals surface area (Å²) < 4.78 is 1.17. The van der Waals surface area contributed by atoms with Crippen LogP contribution in [0.15, 0.2) is 28.7 Å². The monoisotopic (exact) mass is 324 g/mol. The number of hydrogen-bond acceptors (Lipinski definition) is 2. The summed E-state index contributed by atoms with van der Waals surface area (Å²) in [6.45, 7) is 2.36. The summed E-state index contributed by atoms with van der Waals surface area (Å²) in [6.07, 6.45) is 6.17. The lowest BCUT2D eigenvalue weighted by atomic mass is 9.86. The predicted molar refractivity (Wildman–Crippen MR) is 85.3 cm³/mol. The average molecular weight is 325 g/mol. The summed E-state index contributed by atoms with van der Waals surface area (Å²) in [7, 11) is 2.24. The number of likely N-dealkylation sites (N-methyl/N-ethyl adjacent to an activating group) is 1. The van der Waals surface area contributed by atoms with Gasteiger partial charge in [0.05, 0.1) is 0 Å². The van der Waals surface area contributed by atoms with E-state index in [1.54, 1.807) is 0 Å². The molecule has 1 aromatic rings. The molecule has 106 valence electrons. The van der Waals surface area contributed by atoms with Gasteiger partial charge in [0, 0.05) is 23.6 Å². The number of nitrogens with two attached hydrogens (primary N) is 1. The molecular formula is C16H25BrN2. The first-order chi connectivity index (χ1) is 9.13. The van der Waals surface area contributed by atoms with E-state index in [-0.39, 0.29) is 0 Å². The van der Waals surface area contributed by atoms with Crippen LogP contribution in [0.1, 0.15) is 31.2 Å². The Morgan fingerprint density at radius 3 is 2.68 bits per heavy atom.